The van der Waals surface area contributed by atoms with Crippen LogP contribution in [0.2, 0.25) is 0 Å². The zero-order valence-electron chi connectivity index (χ0n) is 10.4. The molecule has 0 N–H and O–H groups in total. The van der Waals surface area contributed by atoms with Gasteiger partial charge in [0.05, 0.1) is 11.9 Å². The Labute approximate surface area is 116 Å². The van der Waals surface area contributed by atoms with Crippen LogP contribution in [0.25, 0.3) is 0 Å². The molecule has 0 fully saturated rings. The van der Waals surface area contributed by atoms with Crippen LogP contribution in [0.15, 0.2) is 28.7 Å². The number of carbonyl (C=O) groups excluding carboxylic acids is 1. The maximum absolute atomic E-state index is 11.7. The molecular weight excluding hydrogens is 320 g/mol. The van der Waals surface area contributed by atoms with E-state index in [1.807, 2.05) is 0 Å². The molecule has 5 nitrogen and oxygen atoms in total. The van der Waals surface area contributed by atoms with Crippen LogP contribution < -0.4 is 4.31 Å². The number of anilines is 1. The number of rotatable bonds is 4. The Balaban J connectivity index is 3.07. The number of hydrogen-bond donors (Lipinski definition) is 0. The molecule has 0 saturated carbocycles. The molecule has 0 unspecified atom stereocenters. The molecule has 0 aromatic heterocycles. The molecule has 0 saturated heterocycles. The molecule has 1 aromatic carbocycles. The minimum atomic E-state index is -3.49. The van der Waals surface area contributed by atoms with Crippen molar-refractivity contribution >= 4 is 37.5 Å². The second-order valence-corrected chi connectivity index (χ2v) is 6.86. The summed E-state index contributed by atoms with van der Waals surface area (Å²) in [5.41, 5.74) is 0.468. The Hall–Kier alpha value is -1.08. The summed E-state index contributed by atoms with van der Waals surface area (Å²) in [5.74, 6) is -0.275. The number of hydrogen-bond acceptors (Lipinski definition) is 3. The van der Waals surface area contributed by atoms with E-state index in [4.69, 9.17) is 0 Å². The van der Waals surface area contributed by atoms with E-state index in [1.165, 1.54) is 4.90 Å². The molecular formula is C11H15BrN2O3S. The van der Waals surface area contributed by atoms with E-state index in [2.05, 4.69) is 15.9 Å². The molecule has 0 bridgehead atoms. The van der Waals surface area contributed by atoms with Crippen molar-refractivity contribution in [1.82, 2.24) is 4.90 Å². The fraction of sp³-hybridized carbons (Fsp3) is 0.364. The van der Waals surface area contributed by atoms with Gasteiger partial charge in [0, 0.05) is 18.6 Å². The van der Waals surface area contributed by atoms with E-state index in [0.29, 0.717) is 5.69 Å². The predicted octanol–water partition coefficient (Wildman–Crippen LogP) is 1.30. The van der Waals surface area contributed by atoms with Crippen molar-refractivity contribution in [3.8, 4) is 0 Å². The first-order valence-electron chi connectivity index (χ1n) is 5.15. The molecule has 1 amide bonds. The maximum atomic E-state index is 11.7. The summed E-state index contributed by atoms with van der Waals surface area (Å²) in [6.45, 7) is -0.201. The molecule has 0 heterocycles. The van der Waals surface area contributed by atoms with Gasteiger partial charge in [-0.05, 0) is 24.3 Å². The molecule has 0 aliphatic carbocycles. The minimum Gasteiger partial charge on any atom is -0.347 e. The standard InChI is InChI=1S/C11H15BrN2O3S/c1-13(2)11(15)8-14(18(3,16)17)10-6-4-9(12)5-7-10/h4-7H,8H2,1-3H3. The second kappa shape index (κ2) is 5.71. The molecule has 0 radical (unpaired) electrons. The van der Waals surface area contributed by atoms with Gasteiger partial charge < -0.3 is 4.90 Å². The Morgan fingerprint density at radius 1 is 1.22 bits per heavy atom. The summed E-state index contributed by atoms with van der Waals surface area (Å²) < 4.78 is 25.4. The normalized spacial score (nSPS) is 11.1. The van der Waals surface area contributed by atoms with Crippen molar-refractivity contribution in [2.75, 3.05) is 31.2 Å². The van der Waals surface area contributed by atoms with Crippen molar-refractivity contribution in [1.29, 1.82) is 0 Å². The predicted molar refractivity (Wildman–Crippen MR) is 75.0 cm³/mol. The van der Waals surface area contributed by atoms with Crippen molar-refractivity contribution in [3.05, 3.63) is 28.7 Å². The zero-order valence-corrected chi connectivity index (χ0v) is 12.8. The maximum Gasteiger partial charge on any atom is 0.242 e. The highest BCUT2D eigenvalue weighted by atomic mass is 79.9. The van der Waals surface area contributed by atoms with Gasteiger partial charge in [-0.2, -0.15) is 0 Å². The molecule has 1 rings (SSSR count). The molecule has 100 valence electrons. The van der Waals surface area contributed by atoms with E-state index in [9.17, 15) is 13.2 Å². The fourth-order valence-corrected chi connectivity index (χ4v) is 2.39. The van der Waals surface area contributed by atoms with Gasteiger partial charge in [0.15, 0.2) is 0 Å². The highest BCUT2D eigenvalue weighted by molar-refractivity contribution is 9.10. The first-order chi connectivity index (χ1) is 8.21. The lowest BCUT2D eigenvalue weighted by molar-refractivity contribution is -0.127. The number of sulfonamides is 1. The number of likely N-dealkylation sites (N-methyl/N-ethyl adjacent to an activating group) is 1. The summed E-state index contributed by atoms with van der Waals surface area (Å²) in [6.07, 6.45) is 1.08. The van der Waals surface area contributed by atoms with E-state index in [-0.39, 0.29) is 12.5 Å². The third-order valence-corrected chi connectivity index (χ3v) is 3.96. The van der Waals surface area contributed by atoms with Crippen molar-refractivity contribution in [2.24, 2.45) is 0 Å². The largest absolute Gasteiger partial charge is 0.347 e. The third-order valence-electron chi connectivity index (χ3n) is 2.29. The van der Waals surface area contributed by atoms with Gasteiger partial charge >= 0.3 is 0 Å². The lowest BCUT2D eigenvalue weighted by Gasteiger charge is -2.23. The minimum absolute atomic E-state index is 0.201. The van der Waals surface area contributed by atoms with Crippen LogP contribution in [0, 0.1) is 0 Å². The number of amides is 1. The average molecular weight is 335 g/mol. The third kappa shape index (κ3) is 3.99. The molecule has 0 spiro atoms. The quantitative estimate of drug-likeness (QED) is 0.833. The van der Waals surface area contributed by atoms with Gasteiger partial charge in [0.1, 0.15) is 6.54 Å². The van der Waals surface area contributed by atoms with E-state index >= 15 is 0 Å². The van der Waals surface area contributed by atoms with Gasteiger partial charge in [-0.1, -0.05) is 15.9 Å². The topological polar surface area (TPSA) is 57.7 Å². The number of nitrogens with zero attached hydrogens (tertiary/aromatic N) is 2. The molecule has 0 aliphatic heterocycles. The first-order valence-corrected chi connectivity index (χ1v) is 7.79. The lowest BCUT2D eigenvalue weighted by atomic mass is 10.3. The Morgan fingerprint density at radius 3 is 2.11 bits per heavy atom. The first kappa shape index (κ1) is 15.0. The number of halogens is 1. The summed E-state index contributed by atoms with van der Waals surface area (Å²) >= 11 is 3.28. The van der Waals surface area contributed by atoms with Crippen LogP contribution in [0.3, 0.4) is 0 Å². The second-order valence-electron chi connectivity index (χ2n) is 4.03. The van der Waals surface area contributed by atoms with Crippen LogP contribution in [-0.2, 0) is 14.8 Å². The Bertz CT molecular complexity index is 526. The Kier molecular flexibility index (Phi) is 4.75. The summed E-state index contributed by atoms with van der Waals surface area (Å²) in [7, 11) is -0.314. The fourth-order valence-electron chi connectivity index (χ4n) is 1.27. The molecule has 0 aliphatic rings. The highest BCUT2D eigenvalue weighted by Gasteiger charge is 2.21. The molecule has 0 atom stereocenters. The zero-order chi connectivity index (χ0) is 13.9. The lowest BCUT2D eigenvalue weighted by Crippen LogP contribution is -2.39. The van der Waals surface area contributed by atoms with Gasteiger partial charge in [-0.15, -0.1) is 0 Å². The molecule has 1 aromatic rings. The van der Waals surface area contributed by atoms with Crippen LogP contribution in [0.1, 0.15) is 0 Å². The van der Waals surface area contributed by atoms with Crippen LogP contribution >= 0.6 is 15.9 Å². The highest BCUT2D eigenvalue weighted by Crippen LogP contribution is 2.20. The summed E-state index contributed by atoms with van der Waals surface area (Å²) in [5, 5.41) is 0. The Morgan fingerprint density at radius 2 is 1.72 bits per heavy atom. The van der Waals surface area contributed by atoms with E-state index < -0.39 is 10.0 Å². The summed E-state index contributed by atoms with van der Waals surface area (Å²) in [4.78, 5) is 13.0. The molecule has 18 heavy (non-hydrogen) atoms. The monoisotopic (exact) mass is 334 g/mol. The SMILES string of the molecule is CN(C)C(=O)CN(c1ccc(Br)cc1)S(C)(=O)=O. The van der Waals surface area contributed by atoms with Crippen LogP contribution in [0.5, 0.6) is 0 Å². The van der Waals surface area contributed by atoms with Gasteiger partial charge in [0.25, 0.3) is 0 Å². The number of carbonyl (C=O) groups is 1. The van der Waals surface area contributed by atoms with Crippen LogP contribution in [-0.4, -0.2) is 46.1 Å². The summed E-state index contributed by atoms with van der Waals surface area (Å²) in [6, 6.07) is 6.75. The van der Waals surface area contributed by atoms with Crippen LogP contribution in [0.4, 0.5) is 5.69 Å². The van der Waals surface area contributed by atoms with Gasteiger partial charge in [-0.3, -0.25) is 9.10 Å². The average Bonchev–Trinajstić information content (AvgIpc) is 2.25. The van der Waals surface area contributed by atoms with Gasteiger partial charge in [-0.25, -0.2) is 8.42 Å². The van der Waals surface area contributed by atoms with Crippen molar-refractivity contribution < 1.29 is 13.2 Å². The van der Waals surface area contributed by atoms with E-state index in [0.717, 1.165) is 15.0 Å². The number of benzene rings is 1. The smallest absolute Gasteiger partial charge is 0.242 e. The van der Waals surface area contributed by atoms with Gasteiger partial charge in [0.2, 0.25) is 15.9 Å². The van der Waals surface area contributed by atoms with Crippen molar-refractivity contribution in [3.63, 3.8) is 0 Å². The van der Waals surface area contributed by atoms with Crippen molar-refractivity contribution in [2.45, 2.75) is 0 Å². The molecule has 7 heteroatoms. The van der Waals surface area contributed by atoms with E-state index in [1.54, 1.807) is 38.4 Å².